The van der Waals surface area contributed by atoms with Crippen molar-refractivity contribution in [2.45, 2.75) is 31.3 Å². The van der Waals surface area contributed by atoms with Gasteiger partial charge in [-0.05, 0) is 12.8 Å². The minimum atomic E-state index is 0.0370. The van der Waals surface area contributed by atoms with Gasteiger partial charge >= 0.3 is 0 Å². The van der Waals surface area contributed by atoms with Gasteiger partial charge < -0.3 is 10.5 Å². The zero-order valence-corrected chi connectivity index (χ0v) is 8.36. The van der Waals surface area contributed by atoms with E-state index in [1.165, 1.54) is 12.8 Å². The van der Waals surface area contributed by atoms with Crippen LogP contribution >= 0.6 is 0 Å². The van der Waals surface area contributed by atoms with E-state index in [9.17, 15) is 0 Å². The lowest BCUT2D eigenvalue weighted by molar-refractivity contribution is 0.108. The molecule has 0 aliphatic heterocycles. The van der Waals surface area contributed by atoms with Gasteiger partial charge in [-0.15, -0.1) is 0 Å². The molecule has 2 rings (SSSR count). The van der Waals surface area contributed by atoms with Crippen LogP contribution in [0.3, 0.4) is 0 Å². The Balaban J connectivity index is 1.94. The highest BCUT2D eigenvalue weighted by Crippen LogP contribution is 2.37. The minimum absolute atomic E-state index is 0.0370. The third-order valence-corrected chi connectivity index (χ3v) is 2.51. The molecule has 0 bridgehead atoms. The summed E-state index contributed by atoms with van der Waals surface area (Å²) in [5.74, 6) is 2.43. The maximum absolute atomic E-state index is 5.52. The zero-order valence-electron chi connectivity index (χ0n) is 8.36. The minimum Gasteiger partial charge on any atom is -0.380 e. The van der Waals surface area contributed by atoms with Gasteiger partial charge in [0.15, 0.2) is 5.82 Å². The average Bonchev–Trinajstić information content (AvgIpc) is 2.96. The lowest BCUT2D eigenvalue weighted by Crippen LogP contribution is -2.25. The molecule has 0 spiro atoms. The Morgan fingerprint density at radius 1 is 1.64 bits per heavy atom. The number of hydrogen-bond acceptors (Lipinski definition) is 4. The molecule has 3 N–H and O–H groups in total. The Kier molecular flexibility index (Phi) is 2.79. The first-order valence-corrected chi connectivity index (χ1v) is 4.97. The molecule has 0 radical (unpaired) electrons. The molecule has 0 saturated heterocycles. The lowest BCUT2D eigenvalue weighted by Gasteiger charge is -2.09. The fraction of sp³-hybridized carbons (Fsp3) is 0.778. The highest BCUT2D eigenvalue weighted by atomic mass is 16.5. The molecule has 5 nitrogen and oxygen atoms in total. The number of aromatic nitrogens is 3. The van der Waals surface area contributed by atoms with Gasteiger partial charge in [0, 0.05) is 26.0 Å². The summed E-state index contributed by atoms with van der Waals surface area (Å²) in [5.41, 5.74) is 5.52. The van der Waals surface area contributed by atoms with E-state index >= 15 is 0 Å². The topological polar surface area (TPSA) is 76.8 Å². The van der Waals surface area contributed by atoms with Gasteiger partial charge in [0.05, 0.1) is 6.10 Å². The predicted octanol–water partition coefficient (Wildman–Crippen LogP) is 0.198. The number of aromatic amines is 1. The fourth-order valence-electron chi connectivity index (χ4n) is 1.40. The van der Waals surface area contributed by atoms with Gasteiger partial charge in [0.1, 0.15) is 5.82 Å². The molecule has 1 atom stereocenters. The first-order chi connectivity index (χ1) is 6.83. The van der Waals surface area contributed by atoms with Crippen LogP contribution in [0.5, 0.6) is 0 Å². The molecule has 14 heavy (non-hydrogen) atoms. The third-order valence-electron chi connectivity index (χ3n) is 2.51. The van der Waals surface area contributed by atoms with Gasteiger partial charge in [-0.3, -0.25) is 5.10 Å². The molecule has 1 saturated carbocycles. The standard InChI is InChI=1S/C9H16N4O/c1-14-7(5-10)4-8-11-9(13-12-8)6-2-3-6/h6-7H,2-5,10H2,1H3,(H,11,12,13). The van der Waals surface area contributed by atoms with Crippen molar-refractivity contribution < 1.29 is 4.74 Å². The van der Waals surface area contributed by atoms with Crippen LogP contribution in [0, 0.1) is 0 Å². The van der Waals surface area contributed by atoms with Crippen LogP contribution in [0.1, 0.15) is 30.4 Å². The Hall–Kier alpha value is -0.940. The summed E-state index contributed by atoms with van der Waals surface area (Å²) in [6.45, 7) is 0.510. The van der Waals surface area contributed by atoms with E-state index in [1.54, 1.807) is 7.11 Å². The van der Waals surface area contributed by atoms with Gasteiger partial charge in [0.2, 0.25) is 0 Å². The highest BCUT2D eigenvalue weighted by molar-refractivity contribution is 5.05. The summed E-state index contributed by atoms with van der Waals surface area (Å²) in [4.78, 5) is 4.41. The summed E-state index contributed by atoms with van der Waals surface area (Å²) in [6.07, 6.45) is 3.20. The summed E-state index contributed by atoms with van der Waals surface area (Å²) in [5, 5.41) is 7.10. The first-order valence-electron chi connectivity index (χ1n) is 4.97. The SMILES string of the molecule is COC(CN)Cc1nc(C2CC2)n[nH]1. The van der Waals surface area contributed by atoms with Crippen molar-refractivity contribution in [2.75, 3.05) is 13.7 Å². The van der Waals surface area contributed by atoms with Crippen molar-refractivity contribution in [1.82, 2.24) is 15.2 Å². The molecule has 1 fully saturated rings. The maximum Gasteiger partial charge on any atom is 0.153 e. The fourth-order valence-corrected chi connectivity index (χ4v) is 1.40. The Labute approximate surface area is 83.1 Å². The van der Waals surface area contributed by atoms with E-state index in [2.05, 4.69) is 15.2 Å². The first kappa shape index (κ1) is 9.61. The Morgan fingerprint density at radius 3 is 3.00 bits per heavy atom. The summed E-state index contributed by atoms with van der Waals surface area (Å²) in [7, 11) is 1.66. The van der Waals surface area contributed by atoms with Gasteiger partial charge in [-0.2, -0.15) is 5.10 Å². The van der Waals surface area contributed by atoms with E-state index < -0.39 is 0 Å². The van der Waals surface area contributed by atoms with E-state index in [0.717, 1.165) is 11.6 Å². The second-order valence-corrected chi connectivity index (χ2v) is 3.71. The smallest absolute Gasteiger partial charge is 0.153 e. The van der Waals surface area contributed by atoms with Crippen LogP contribution in [0.4, 0.5) is 0 Å². The average molecular weight is 196 g/mol. The van der Waals surface area contributed by atoms with Crippen LogP contribution in [0.25, 0.3) is 0 Å². The largest absolute Gasteiger partial charge is 0.380 e. The zero-order chi connectivity index (χ0) is 9.97. The van der Waals surface area contributed by atoms with E-state index in [4.69, 9.17) is 10.5 Å². The molecule has 5 heteroatoms. The summed E-state index contributed by atoms with van der Waals surface area (Å²) in [6, 6.07) is 0. The van der Waals surface area contributed by atoms with Gasteiger partial charge in [-0.1, -0.05) is 0 Å². The van der Waals surface area contributed by atoms with Crippen LogP contribution in [-0.4, -0.2) is 34.9 Å². The van der Waals surface area contributed by atoms with E-state index in [-0.39, 0.29) is 6.10 Å². The summed E-state index contributed by atoms with van der Waals surface area (Å²) >= 11 is 0. The number of nitrogens with two attached hydrogens (primary N) is 1. The molecule has 1 aliphatic rings. The van der Waals surface area contributed by atoms with E-state index in [0.29, 0.717) is 18.9 Å². The van der Waals surface area contributed by atoms with Crippen molar-refractivity contribution in [1.29, 1.82) is 0 Å². The molecule has 1 aromatic rings. The molecule has 78 valence electrons. The molecule has 0 amide bonds. The molecule has 1 heterocycles. The number of hydrogen-bond donors (Lipinski definition) is 2. The van der Waals surface area contributed by atoms with Crippen molar-refractivity contribution in [3.05, 3.63) is 11.6 Å². The molecule has 0 aromatic carbocycles. The Morgan fingerprint density at radius 2 is 2.43 bits per heavy atom. The van der Waals surface area contributed by atoms with Crippen LogP contribution in [0.2, 0.25) is 0 Å². The Bertz CT molecular complexity index is 291. The number of methoxy groups -OCH3 is 1. The number of nitrogens with one attached hydrogen (secondary N) is 1. The monoisotopic (exact) mass is 196 g/mol. The lowest BCUT2D eigenvalue weighted by atomic mass is 10.2. The number of ether oxygens (including phenoxy) is 1. The van der Waals surface area contributed by atoms with Crippen LogP contribution < -0.4 is 5.73 Å². The third kappa shape index (κ3) is 2.10. The second kappa shape index (κ2) is 4.06. The van der Waals surface area contributed by atoms with Crippen LogP contribution in [-0.2, 0) is 11.2 Å². The molecule has 1 aliphatic carbocycles. The predicted molar refractivity (Wildman–Crippen MR) is 51.9 cm³/mol. The van der Waals surface area contributed by atoms with Crippen molar-refractivity contribution in [3.8, 4) is 0 Å². The van der Waals surface area contributed by atoms with Crippen LogP contribution in [0.15, 0.2) is 0 Å². The number of H-pyrrole nitrogens is 1. The normalized spacial score (nSPS) is 18.4. The molecular weight excluding hydrogens is 180 g/mol. The van der Waals surface area contributed by atoms with Gasteiger partial charge in [-0.25, -0.2) is 4.98 Å². The second-order valence-electron chi connectivity index (χ2n) is 3.71. The van der Waals surface area contributed by atoms with E-state index in [1.807, 2.05) is 0 Å². The maximum atomic E-state index is 5.52. The number of nitrogens with zero attached hydrogens (tertiary/aromatic N) is 2. The quantitative estimate of drug-likeness (QED) is 0.705. The number of rotatable bonds is 5. The molecule has 1 aromatic heterocycles. The molecule has 1 unspecified atom stereocenters. The molecular formula is C9H16N4O. The van der Waals surface area contributed by atoms with Crippen molar-refractivity contribution in [3.63, 3.8) is 0 Å². The highest BCUT2D eigenvalue weighted by Gasteiger charge is 2.27. The van der Waals surface area contributed by atoms with Gasteiger partial charge in [0.25, 0.3) is 0 Å². The summed E-state index contributed by atoms with van der Waals surface area (Å²) < 4.78 is 5.18. The van der Waals surface area contributed by atoms with Crippen molar-refractivity contribution >= 4 is 0 Å². The van der Waals surface area contributed by atoms with Crippen molar-refractivity contribution in [2.24, 2.45) is 5.73 Å².